The Kier molecular flexibility index (Phi) is 4.87. The van der Waals surface area contributed by atoms with Crippen LogP contribution in [0.3, 0.4) is 0 Å². The van der Waals surface area contributed by atoms with Crippen molar-refractivity contribution in [2.75, 3.05) is 20.4 Å². The van der Waals surface area contributed by atoms with Gasteiger partial charge in [-0.2, -0.15) is 0 Å². The van der Waals surface area contributed by atoms with Gasteiger partial charge in [-0.25, -0.2) is 4.79 Å². The highest BCUT2D eigenvalue weighted by molar-refractivity contribution is 7.67. The van der Waals surface area contributed by atoms with Crippen LogP contribution >= 0.6 is 7.37 Å². The Morgan fingerprint density at radius 3 is 2.35 bits per heavy atom. The van der Waals surface area contributed by atoms with Gasteiger partial charge in [0.25, 0.3) is 0 Å². The number of hydrogen-bond donors (Lipinski definition) is 1. The molecule has 0 fully saturated rings. The summed E-state index contributed by atoms with van der Waals surface area (Å²) in [6, 6.07) is 8.54. The number of benzene rings is 1. The van der Waals surface area contributed by atoms with Gasteiger partial charge in [-0.15, -0.1) is 0 Å². The molecule has 0 saturated heterocycles. The minimum atomic E-state index is -3.18. The van der Waals surface area contributed by atoms with Crippen molar-refractivity contribution >= 4 is 18.6 Å². The van der Waals surface area contributed by atoms with Crippen LogP contribution in [0.5, 0.6) is 0 Å². The van der Waals surface area contributed by atoms with Gasteiger partial charge < -0.3 is 14.4 Å². The van der Waals surface area contributed by atoms with Crippen molar-refractivity contribution in [3.63, 3.8) is 0 Å². The van der Waals surface area contributed by atoms with Crippen LogP contribution in [0.2, 0.25) is 0 Å². The second-order valence-corrected chi connectivity index (χ2v) is 6.03. The van der Waals surface area contributed by atoms with Crippen molar-refractivity contribution in [3.05, 3.63) is 30.3 Å². The monoisotopic (exact) mass is 258 g/mol. The smallest absolute Gasteiger partial charge is 0.333 e. The zero-order valence-electron chi connectivity index (χ0n) is 9.70. The van der Waals surface area contributed by atoms with E-state index in [1.807, 2.05) is 0 Å². The van der Waals surface area contributed by atoms with Crippen LogP contribution in [0.25, 0.3) is 0 Å². The zero-order valence-corrected chi connectivity index (χ0v) is 10.6. The topological polar surface area (TPSA) is 72.8 Å². The number of carbonyl (C=O) groups is 1. The van der Waals surface area contributed by atoms with Gasteiger partial charge in [0, 0.05) is 19.5 Å². The minimum Gasteiger partial charge on any atom is -0.479 e. The maximum atomic E-state index is 12.5. The number of carboxylic acids is 1. The van der Waals surface area contributed by atoms with E-state index in [0.29, 0.717) is 5.30 Å². The molecule has 0 amide bonds. The Morgan fingerprint density at radius 2 is 1.94 bits per heavy atom. The third-order valence-electron chi connectivity index (χ3n) is 2.41. The molecule has 1 aromatic rings. The van der Waals surface area contributed by atoms with E-state index in [2.05, 4.69) is 0 Å². The summed E-state index contributed by atoms with van der Waals surface area (Å²) < 4.78 is 22.3. The maximum absolute atomic E-state index is 12.5. The van der Waals surface area contributed by atoms with Gasteiger partial charge in [-0.3, -0.25) is 4.57 Å². The molecule has 0 aliphatic carbocycles. The summed E-state index contributed by atoms with van der Waals surface area (Å²) in [6.45, 7) is 0. The Morgan fingerprint density at radius 1 is 1.35 bits per heavy atom. The lowest BCUT2D eigenvalue weighted by Gasteiger charge is -2.19. The van der Waals surface area contributed by atoms with Gasteiger partial charge in [0.05, 0.1) is 6.16 Å². The molecule has 17 heavy (non-hydrogen) atoms. The van der Waals surface area contributed by atoms with Gasteiger partial charge in [0.2, 0.25) is 7.37 Å². The van der Waals surface area contributed by atoms with Crippen LogP contribution in [0.15, 0.2) is 30.3 Å². The fourth-order valence-electron chi connectivity index (χ4n) is 1.41. The first-order valence-electron chi connectivity index (χ1n) is 4.99. The van der Waals surface area contributed by atoms with E-state index in [9.17, 15) is 9.36 Å². The Hall–Kier alpha value is -1.16. The van der Waals surface area contributed by atoms with Crippen LogP contribution in [0, 0.1) is 0 Å². The number of carboxylic acid groups (broad SMARTS) is 1. The molecule has 0 aliphatic heterocycles. The first-order valence-corrected chi connectivity index (χ1v) is 6.80. The van der Waals surface area contributed by atoms with E-state index in [0.717, 1.165) is 0 Å². The summed E-state index contributed by atoms with van der Waals surface area (Å²) in [5.74, 6) is -1.15. The molecule has 2 atom stereocenters. The van der Waals surface area contributed by atoms with Crippen LogP contribution in [-0.2, 0) is 18.6 Å². The molecule has 0 spiro atoms. The van der Waals surface area contributed by atoms with Crippen LogP contribution in [0.4, 0.5) is 0 Å². The van der Waals surface area contributed by atoms with E-state index >= 15 is 0 Å². The minimum absolute atomic E-state index is 0.181. The van der Waals surface area contributed by atoms with E-state index in [1.54, 1.807) is 30.3 Å². The molecule has 94 valence electrons. The summed E-state index contributed by atoms with van der Waals surface area (Å²) >= 11 is 0. The van der Waals surface area contributed by atoms with Crippen LogP contribution in [-0.4, -0.2) is 37.6 Å². The molecule has 0 bridgehead atoms. The van der Waals surface area contributed by atoms with E-state index < -0.39 is 19.4 Å². The van der Waals surface area contributed by atoms with Crippen molar-refractivity contribution in [3.8, 4) is 0 Å². The quantitative estimate of drug-likeness (QED) is 0.779. The third kappa shape index (κ3) is 3.40. The van der Waals surface area contributed by atoms with Crippen molar-refractivity contribution in [2.24, 2.45) is 0 Å². The second-order valence-electron chi connectivity index (χ2n) is 3.44. The molecular formula is C11H15O5P. The molecule has 0 aromatic heterocycles. The fourth-order valence-corrected chi connectivity index (χ4v) is 3.35. The number of ether oxygens (including phenoxy) is 1. The maximum Gasteiger partial charge on any atom is 0.333 e. The number of methoxy groups -OCH3 is 1. The molecular weight excluding hydrogens is 243 g/mol. The molecule has 0 radical (unpaired) electrons. The molecule has 1 aromatic carbocycles. The highest BCUT2D eigenvalue weighted by atomic mass is 31.2. The molecule has 6 heteroatoms. The van der Waals surface area contributed by atoms with Crippen molar-refractivity contribution in [1.82, 2.24) is 0 Å². The van der Waals surface area contributed by atoms with Gasteiger partial charge in [0.1, 0.15) is 0 Å². The molecule has 1 N–H and O–H groups in total. The van der Waals surface area contributed by atoms with Gasteiger partial charge in [-0.05, 0) is 12.1 Å². The van der Waals surface area contributed by atoms with E-state index in [1.165, 1.54) is 14.2 Å². The molecule has 1 rings (SSSR count). The lowest BCUT2D eigenvalue weighted by atomic mass is 10.4. The number of rotatable bonds is 6. The number of aliphatic carboxylic acids is 1. The third-order valence-corrected chi connectivity index (χ3v) is 4.90. The largest absolute Gasteiger partial charge is 0.479 e. The molecule has 5 nitrogen and oxygen atoms in total. The Bertz CT molecular complexity index is 417. The molecule has 0 saturated carbocycles. The van der Waals surface area contributed by atoms with Crippen molar-refractivity contribution in [2.45, 2.75) is 6.10 Å². The van der Waals surface area contributed by atoms with Gasteiger partial charge in [0.15, 0.2) is 6.10 Å². The Balaban J connectivity index is 2.98. The van der Waals surface area contributed by atoms with Gasteiger partial charge >= 0.3 is 5.97 Å². The Labute approximate surface area is 99.8 Å². The van der Waals surface area contributed by atoms with Crippen molar-refractivity contribution < 1.29 is 23.7 Å². The number of hydrogen-bond acceptors (Lipinski definition) is 4. The first kappa shape index (κ1) is 13.9. The summed E-state index contributed by atoms with van der Waals surface area (Å²) in [4.78, 5) is 10.9. The average Bonchev–Trinajstić information content (AvgIpc) is 2.36. The lowest BCUT2D eigenvalue weighted by molar-refractivity contribution is -0.147. The average molecular weight is 258 g/mol. The van der Waals surface area contributed by atoms with E-state index in [4.69, 9.17) is 14.4 Å². The summed E-state index contributed by atoms with van der Waals surface area (Å²) in [7, 11) is -0.609. The molecule has 0 aliphatic rings. The highest BCUT2D eigenvalue weighted by Crippen LogP contribution is 2.45. The van der Waals surface area contributed by atoms with E-state index in [-0.39, 0.29) is 6.16 Å². The normalized spacial score (nSPS) is 16.1. The first-order chi connectivity index (χ1) is 8.03. The fraction of sp³-hybridized carbons (Fsp3) is 0.364. The predicted molar refractivity (Wildman–Crippen MR) is 64.0 cm³/mol. The predicted octanol–water partition coefficient (Wildman–Crippen LogP) is 1.34. The molecule has 0 heterocycles. The SMILES string of the molecule is COC(CP(=O)(OC)c1ccccc1)C(=O)O. The van der Waals surface area contributed by atoms with Gasteiger partial charge in [-0.1, -0.05) is 18.2 Å². The summed E-state index contributed by atoms with van der Waals surface area (Å²) in [6.07, 6.45) is -1.32. The molecule has 2 unspecified atom stereocenters. The highest BCUT2D eigenvalue weighted by Gasteiger charge is 2.32. The summed E-state index contributed by atoms with van der Waals surface area (Å²) in [5.41, 5.74) is 0. The van der Waals surface area contributed by atoms with Crippen LogP contribution in [0.1, 0.15) is 0 Å². The van der Waals surface area contributed by atoms with Crippen molar-refractivity contribution in [1.29, 1.82) is 0 Å². The summed E-state index contributed by atoms with van der Waals surface area (Å²) in [5, 5.41) is 9.37. The standard InChI is InChI=1S/C11H15O5P/c1-15-10(11(12)13)8-17(14,16-2)9-6-4-3-5-7-9/h3-7,10H,8H2,1-2H3,(H,12,13). The van der Waals surface area contributed by atoms with Crippen LogP contribution < -0.4 is 5.30 Å². The zero-order chi connectivity index (χ0) is 12.9. The second kappa shape index (κ2) is 5.96. The lowest BCUT2D eigenvalue weighted by Crippen LogP contribution is -2.29.